The summed E-state index contributed by atoms with van der Waals surface area (Å²) < 4.78 is 6.59. The largest absolute Gasteiger partial charge is 0.494 e. The van der Waals surface area contributed by atoms with Crippen LogP contribution in [0.4, 0.5) is 11.4 Å². The van der Waals surface area contributed by atoms with Gasteiger partial charge >= 0.3 is 0 Å². The lowest BCUT2D eigenvalue weighted by Gasteiger charge is -2.20. The Hall–Kier alpha value is -2.82. The first kappa shape index (κ1) is 19.9. The maximum atomic E-state index is 12.3. The van der Waals surface area contributed by atoms with Gasteiger partial charge in [0.05, 0.1) is 29.5 Å². The Labute approximate surface area is 166 Å². The standard InChI is InChI=1S/C17H22N6O4S/c1-27-14-9-12(23(25)26)7-8-13(14)19-15(24)10-28-17-21-20-16(22(17)18)11-5-3-2-4-6-11/h7-9,11H,2-6,10,18H2,1H3,(H,19,24). The third-order valence-corrected chi connectivity index (χ3v) is 5.61. The molecule has 10 nitrogen and oxygen atoms in total. The second-order valence-electron chi connectivity index (χ2n) is 6.52. The number of hydrogen-bond donors (Lipinski definition) is 2. The fraction of sp³-hybridized carbons (Fsp3) is 0.471. The van der Waals surface area contributed by atoms with Crippen LogP contribution in [0.3, 0.4) is 0 Å². The molecule has 1 aliphatic carbocycles. The van der Waals surface area contributed by atoms with Crippen LogP contribution >= 0.6 is 11.8 Å². The highest BCUT2D eigenvalue weighted by molar-refractivity contribution is 7.99. The molecule has 3 rings (SSSR count). The lowest BCUT2D eigenvalue weighted by atomic mass is 9.89. The summed E-state index contributed by atoms with van der Waals surface area (Å²) in [5.74, 6) is 7.18. The quantitative estimate of drug-likeness (QED) is 0.310. The number of anilines is 1. The summed E-state index contributed by atoms with van der Waals surface area (Å²) in [5.41, 5.74) is 0.242. The lowest BCUT2D eigenvalue weighted by Crippen LogP contribution is -2.20. The third kappa shape index (κ3) is 4.53. The number of benzene rings is 1. The Morgan fingerprint density at radius 1 is 1.39 bits per heavy atom. The zero-order valence-corrected chi connectivity index (χ0v) is 16.3. The van der Waals surface area contributed by atoms with E-state index in [2.05, 4.69) is 15.5 Å². The molecule has 28 heavy (non-hydrogen) atoms. The molecule has 0 saturated heterocycles. The molecular weight excluding hydrogens is 384 g/mol. The van der Waals surface area contributed by atoms with Crippen molar-refractivity contribution in [3.63, 3.8) is 0 Å². The Morgan fingerprint density at radius 2 is 2.14 bits per heavy atom. The molecule has 1 saturated carbocycles. The molecule has 11 heteroatoms. The van der Waals surface area contributed by atoms with Gasteiger partial charge in [0.1, 0.15) is 5.75 Å². The molecule has 0 aliphatic heterocycles. The van der Waals surface area contributed by atoms with Gasteiger partial charge in [0.2, 0.25) is 11.1 Å². The molecule has 1 aromatic carbocycles. The van der Waals surface area contributed by atoms with Gasteiger partial charge in [-0.3, -0.25) is 14.9 Å². The van der Waals surface area contributed by atoms with Crippen LogP contribution < -0.4 is 15.9 Å². The number of amides is 1. The number of nitrogens with one attached hydrogen (secondary N) is 1. The summed E-state index contributed by atoms with van der Waals surface area (Å²) in [7, 11) is 1.38. The number of nitrogens with two attached hydrogens (primary N) is 1. The van der Waals surface area contributed by atoms with E-state index in [1.54, 1.807) is 0 Å². The van der Waals surface area contributed by atoms with E-state index in [-0.39, 0.29) is 23.1 Å². The predicted molar refractivity (Wildman–Crippen MR) is 105 cm³/mol. The van der Waals surface area contributed by atoms with Gasteiger partial charge in [-0.2, -0.15) is 0 Å². The first-order valence-corrected chi connectivity index (χ1v) is 9.93. The van der Waals surface area contributed by atoms with Crippen molar-refractivity contribution in [1.82, 2.24) is 14.9 Å². The predicted octanol–water partition coefficient (Wildman–Crippen LogP) is 2.69. The number of hydrogen-bond acceptors (Lipinski definition) is 8. The van der Waals surface area contributed by atoms with Crippen LogP contribution in [-0.4, -0.2) is 38.6 Å². The summed E-state index contributed by atoms with van der Waals surface area (Å²) in [6.45, 7) is 0. The maximum absolute atomic E-state index is 12.3. The zero-order valence-electron chi connectivity index (χ0n) is 15.5. The van der Waals surface area contributed by atoms with Crippen LogP contribution in [-0.2, 0) is 4.79 Å². The second kappa shape index (κ2) is 8.91. The number of carbonyl (C=O) groups is 1. The molecule has 0 bridgehead atoms. The van der Waals surface area contributed by atoms with Crippen molar-refractivity contribution in [2.45, 2.75) is 43.2 Å². The first-order chi connectivity index (χ1) is 13.5. The van der Waals surface area contributed by atoms with E-state index in [1.807, 2.05) is 0 Å². The van der Waals surface area contributed by atoms with Crippen molar-refractivity contribution in [2.75, 3.05) is 24.0 Å². The van der Waals surface area contributed by atoms with Gasteiger partial charge in [-0.25, -0.2) is 4.68 Å². The highest BCUT2D eigenvalue weighted by atomic mass is 32.2. The number of aromatic nitrogens is 3. The van der Waals surface area contributed by atoms with Crippen molar-refractivity contribution >= 4 is 29.0 Å². The number of nitrogens with zero attached hydrogens (tertiary/aromatic N) is 4. The average Bonchev–Trinajstić information content (AvgIpc) is 3.07. The van der Waals surface area contributed by atoms with Crippen LogP contribution in [0.15, 0.2) is 23.4 Å². The van der Waals surface area contributed by atoms with Crippen LogP contribution in [0.2, 0.25) is 0 Å². The summed E-state index contributed by atoms with van der Waals surface area (Å²) in [6.07, 6.45) is 5.68. The number of thioether (sulfide) groups is 1. The average molecular weight is 406 g/mol. The minimum absolute atomic E-state index is 0.0696. The Bertz CT molecular complexity index is 865. The second-order valence-corrected chi connectivity index (χ2v) is 7.47. The van der Waals surface area contributed by atoms with Gasteiger partial charge in [-0.15, -0.1) is 10.2 Å². The van der Waals surface area contributed by atoms with Crippen LogP contribution in [0.25, 0.3) is 0 Å². The van der Waals surface area contributed by atoms with Crippen molar-refractivity contribution < 1.29 is 14.5 Å². The minimum atomic E-state index is -0.526. The van der Waals surface area contributed by atoms with Crippen LogP contribution in [0, 0.1) is 10.1 Å². The molecule has 1 aromatic heterocycles. The number of methoxy groups -OCH3 is 1. The van der Waals surface area contributed by atoms with Gasteiger partial charge < -0.3 is 15.9 Å². The molecule has 1 heterocycles. The number of nitro benzene ring substituents is 1. The van der Waals surface area contributed by atoms with Gasteiger partial charge in [-0.1, -0.05) is 31.0 Å². The van der Waals surface area contributed by atoms with Crippen LogP contribution in [0.5, 0.6) is 5.75 Å². The molecule has 1 fully saturated rings. The molecule has 0 unspecified atom stereocenters. The number of carbonyl (C=O) groups excluding carboxylic acids is 1. The number of ether oxygens (including phenoxy) is 1. The summed E-state index contributed by atoms with van der Waals surface area (Å²) in [5, 5.41) is 22.3. The molecule has 0 atom stereocenters. The van der Waals surface area contributed by atoms with E-state index < -0.39 is 4.92 Å². The minimum Gasteiger partial charge on any atom is -0.494 e. The molecular formula is C17H22N6O4S. The SMILES string of the molecule is COc1cc([N+](=O)[O-])ccc1NC(=O)CSc1nnc(C2CCCCC2)n1N. The van der Waals surface area contributed by atoms with Crippen LogP contribution in [0.1, 0.15) is 43.8 Å². The van der Waals surface area contributed by atoms with Crippen molar-refractivity contribution in [3.8, 4) is 5.75 Å². The smallest absolute Gasteiger partial charge is 0.273 e. The number of nitro groups is 1. The molecule has 1 amide bonds. The Kier molecular flexibility index (Phi) is 6.34. The lowest BCUT2D eigenvalue weighted by molar-refractivity contribution is -0.384. The van der Waals surface area contributed by atoms with E-state index in [4.69, 9.17) is 10.6 Å². The van der Waals surface area contributed by atoms with E-state index in [9.17, 15) is 14.9 Å². The highest BCUT2D eigenvalue weighted by Crippen LogP contribution is 2.32. The molecule has 3 N–H and O–H groups in total. The Balaban J connectivity index is 1.60. The topological polar surface area (TPSA) is 138 Å². The summed E-state index contributed by atoms with van der Waals surface area (Å²) in [6, 6.07) is 4.00. The van der Waals surface area contributed by atoms with Gasteiger partial charge in [-0.05, 0) is 18.9 Å². The van der Waals surface area contributed by atoms with Gasteiger partial charge in [0, 0.05) is 12.0 Å². The summed E-state index contributed by atoms with van der Waals surface area (Å²) in [4.78, 5) is 22.6. The summed E-state index contributed by atoms with van der Waals surface area (Å²) >= 11 is 1.18. The number of rotatable bonds is 7. The Morgan fingerprint density at radius 3 is 2.82 bits per heavy atom. The molecule has 2 aromatic rings. The number of non-ortho nitro benzene ring substituents is 1. The van der Waals surface area contributed by atoms with Crippen molar-refractivity contribution in [1.29, 1.82) is 0 Å². The van der Waals surface area contributed by atoms with E-state index >= 15 is 0 Å². The molecule has 1 aliphatic rings. The number of nitrogen functional groups attached to an aromatic ring is 1. The van der Waals surface area contributed by atoms with E-state index in [0.717, 1.165) is 18.7 Å². The first-order valence-electron chi connectivity index (χ1n) is 8.95. The third-order valence-electron chi connectivity index (χ3n) is 4.66. The normalized spacial score (nSPS) is 14.6. The van der Waals surface area contributed by atoms with E-state index in [1.165, 1.54) is 61.0 Å². The fourth-order valence-corrected chi connectivity index (χ4v) is 3.90. The van der Waals surface area contributed by atoms with Crippen molar-refractivity contribution in [2.24, 2.45) is 0 Å². The van der Waals surface area contributed by atoms with Gasteiger partial charge in [0.15, 0.2) is 5.82 Å². The molecule has 0 radical (unpaired) electrons. The van der Waals surface area contributed by atoms with E-state index in [0.29, 0.717) is 16.8 Å². The fourth-order valence-electron chi connectivity index (χ4n) is 3.24. The highest BCUT2D eigenvalue weighted by Gasteiger charge is 2.23. The zero-order chi connectivity index (χ0) is 20.1. The van der Waals surface area contributed by atoms with Crippen molar-refractivity contribution in [3.05, 3.63) is 34.1 Å². The monoisotopic (exact) mass is 406 g/mol. The molecule has 0 spiro atoms. The molecule has 150 valence electrons. The van der Waals surface area contributed by atoms with Gasteiger partial charge in [0.25, 0.3) is 5.69 Å². The maximum Gasteiger partial charge on any atom is 0.273 e.